The van der Waals surface area contributed by atoms with E-state index in [0.717, 1.165) is 56.9 Å². The summed E-state index contributed by atoms with van der Waals surface area (Å²) in [6.07, 6.45) is 9.48. The maximum atomic E-state index is 13.9. The molecule has 10 heteroatoms. The van der Waals surface area contributed by atoms with Crippen LogP contribution in [0.1, 0.15) is 84.1 Å². The molecule has 1 aliphatic heterocycles. The monoisotopic (exact) mass is 528 g/mol. The number of methoxy groups -OCH3 is 2. The quantitative estimate of drug-likeness (QED) is 0.469. The molecule has 0 aromatic heterocycles. The van der Waals surface area contributed by atoms with Gasteiger partial charge in [-0.15, -0.1) is 5.11 Å². The Hall–Kier alpha value is -2.88. The summed E-state index contributed by atoms with van der Waals surface area (Å²) in [5.74, 6) is 1.07. The van der Waals surface area contributed by atoms with Gasteiger partial charge in [0.1, 0.15) is 12.6 Å². The molecule has 0 radical (unpaired) electrons. The molecule has 0 saturated heterocycles. The average Bonchev–Trinajstić information content (AvgIpc) is 3.56. The van der Waals surface area contributed by atoms with Gasteiger partial charge in [0.25, 0.3) is 0 Å². The molecule has 1 aromatic carbocycles. The molecule has 2 saturated carbocycles. The first-order valence-electron chi connectivity index (χ1n) is 14.1. The van der Waals surface area contributed by atoms with Gasteiger partial charge in [-0.2, -0.15) is 10.5 Å². The maximum Gasteiger partial charge on any atom is 0.246 e. The number of carbonyl (C=O) groups excluding carboxylic acids is 2. The van der Waals surface area contributed by atoms with Gasteiger partial charge in [-0.1, -0.05) is 57.2 Å². The largest absolute Gasteiger partial charge is 0.493 e. The zero-order valence-corrected chi connectivity index (χ0v) is 23.5. The molecular formula is C28H44N6O4. The predicted octanol–water partition coefficient (Wildman–Crippen LogP) is 4.31. The Morgan fingerprint density at radius 3 is 2.37 bits per heavy atom. The Morgan fingerprint density at radius 1 is 1.08 bits per heavy atom. The van der Waals surface area contributed by atoms with Crippen LogP contribution in [0.25, 0.3) is 0 Å². The maximum absolute atomic E-state index is 13.9. The van der Waals surface area contributed by atoms with Gasteiger partial charge in [0.15, 0.2) is 17.2 Å². The molecule has 38 heavy (non-hydrogen) atoms. The fourth-order valence-electron chi connectivity index (χ4n) is 6.03. The summed E-state index contributed by atoms with van der Waals surface area (Å²) in [7, 11) is 3.18. The van der Waals surface area contributed by atoms with E-state index in [1.165, 1.54) is 11.5 Å². The minimum Gasteiger partial charge on any atom is -0.493 e. The van der Waals surface area contributed by atoms with E-state index in [9.17, 15) is 9.59 Å². The SMILES string of the molecule is COc1ccc([C@@]2(C)N=NN(CC(=O)N(C3CCCCC3)C(C(=O)NC3CCCC3)C(C)C)N2)cc1OC. The minimum absolute atomic E-state index is 0.00697. The van der Waals surface area contributed by atoms with Crippen LogP contribution in [0.3, 0.4) is 0 Å². The second kappa shape index (κ2) is 12.3. The number of nitrogens with one attached hydrogen (secondary N) is 2. The lowest BCUT2D eigenvalue weighted by molar-refractivity contribution is -0.147. The molecule has 2 N–H and O–H groups in total. The lowest BCUT2D eigenvalue weighted by Crippen LogP contribution is -2.59. The number of hydrazine groups is 1. The van der Waals surface area contributed by atoms with Crippen LogP contribution >= 0.6 is 0 Å². The van der Waals surface area contributed by atoms with Gasteiger partial charge < -0.3 is 19.7 Å². The molecule has 2 amide bonds. The van der Waals surface area contributed by atoms with Crippen molar-refractivity contribution in [2.45, 2.75) is 102 Å². The third-order valence-corrected chi connectivity index (χ3v) is 8.09. The van der Waals surface area contributed by atoms with E-state index < -0.39 is 11.7 Å². The minimum atomic E-state index is -0.868. The summed E-state index contributed by atoms with van der Waals surface area (Å²) in [5.41, 5.74) is 3.23. The molecule has 0 spiro atoms. The van der Waals surface area contributed by atoms with E-state index in [-0.39, 0.29) is 36.4 Å². The van der Waals surface area contributed by atoms with Gasteiger partial charge >= 0.3 is 0 Å². The van der Waals surface area contributed by atoms with Crippen LogP contribution in [0.2, 0.25) is 0 Å². The molecule has 2 aliphatic carbocycles. The van der Waals surface area contributed by atoms with Crippen LogP contribution in [0.5, 0.6) is 11.5 Å². The number of amides is 2. The first kappa shape index (κ1) is 28.1. The second-order valence-corrected chi connectivity index (χ2v) is 11.3. The highest BCUT2D eigenvalue weighted by atomic mass is 16.5. The van der Waals surface area contributed by atoms with Crippen LogP contribution in [0.4, 0.5) is 0 Å². The van der Waals surface area contributed by atoms with Crippen molar-refractivity contribution in [2.24, 2.45) is 16.3 Å². The number of hydrogen-bond acceptors (Lipinski definition) is 8. The summed E-state index contributed by atoms with van der Waals surface area (Å²) in [6.45, 7) is 5.95. The van der Waals surface area contributed by atoms with Crippen LogP contribution in [-0.2, 0) is 15.3 Å². The Labute approximate surface area is 226 Å². The lowest BCUT2D eigenvalue weighted by atomic mass is 9.90. The molecule has 2 fully saturated rings. The van der Waals surface area contributed by atoms with E-state index in [4.69, 9.17) is 9.47 Å². The Morgan fingerprint density at radius 2 is 1.74 bits per heavy atom. The van der Waals surface area contributed by atoms with Gasteiger partial charge in [0, 0.05) is 17.6 Å². The average molecular weight is 529 g/mol. The van der Waals surface area contributed by atoms with E-state index in [1.54, 1.807) is 14.2 Å². The molecule has 4 rings (SSSR count). The van der Waals surface area contributed by atoms with Gasteiger partial charge in [-0.25, -0.2) is 0 Å². The number of carbonyl (C=O) groups is 2. The van der Waals surface area contributed by atoms with E-state index in [1.807, 2.05) is 43.9 Å². The smallest absolute Gasteiger partial charge is 0.246 e. The highest BCUT2D eigenvalue weighted by molar-refractivity contribution is 5.89. The van der Waals surface area contributed by atoms with E-state index in [0.29, 0.717) is 11.5 Å². The van der Waals surface area contributed by atoms with Gasteiger partial charge in [-0.3, -0.25) is 9.59 Å². The molecule has 10 nitrogen and oxygen atoms in total. The molecule has 2 atom stereocenters. The third-order valence-electron chi connectivity index (χ3n) is 8.09. The number of nitrogens with zero attached hydrogens (tertiary/aromatic N) is 4. The summed E-state index contributed by atoms with van der Waals surface area (Å²) in [6, 6.07) is 5.33. The van der Waals surface area contributed by atoms with Crippen molar-refractivity contribution in [1.82, 2.24) is 20.8 Å². The van der Waals surface area contributed by atoms with Crippen molar-refractivity contribution in [2.75, 3.05) is 20.8 Å². The molecule has 1 heterocycles. The Bertz CT molecular complexity index is 1010. The Kier molecular flexibility index (Phi) is 9.12. The van der Waals surface area contributed by atoms with Crippen molar-refractivity contribution >= 4 is 11.8 Å². The van der Waals surface area contributed by atoms with Crippen molar-refractivity contribution in [3.63, 3.8) is 0 Å². The zero-order valence-electron chi connectivity index (χ0n) is 23.5. The van der Waals surface area contributed by atoms with Crippen LogP contribution < -0.4 is 20.2 Å². The van der Waals surface area contributed by atoms with E-state index >= 15 is 0 Å². The lowest BCUT2D eigenvalue weighted by Gasteiger charge is -2.41. The van der Waals surface area contributed by atoms with Crippen molar-refractivity contribution in [3.05, 3.63) is 23.8 Å². The Balaban J connectivity index is 1.50. The summed E-state index contributed by atoms with van der Waals surface area (Å²) in [5, 5.41) is 13.5. The first-order chi connectivity index (χ1) is 18.3. The van der Waals surface area contributed by atoms with Gasteiger partial charge in [0.05, 0.1) is 14.2 Å². The van der Waals surface area contributed by atoms with Crippen LogP contribution in [0.15, 0.2) is 28.5 Å². The van der Waals surface area contributed by atoms with Crippen molar-refractivity contribution in [3.8, 4) is 11.5 Å². The standard InChI is InChI=1S/C28H44N6O4/c1-19(2)26(27(36)29-21-11-9-10-12-21)34(22-13-7-6-8-14-22)25(35)18-33-31-28(3,30-32-33)20-15-16-23(37-4)24(17-20)38-5/h15-17,19,21-22,26,31H,6-14,18H2,1-5H3,(H,29,36)/t26?,28-/m0/s1. The number of ether oxygens (including phenoxy) is 2. The number of benzene rings is 1. The molecule has 1 aromatic rings. The van der Waals surface area contributed by atoms with Crippen LogP contribution in [0, 0.1) is 5.92 Å². The molecule has 3 aliphatic rings. The highest BCUT2D eigenvalue weighted by Gasteiger charge is 2.41. The third kappa shape index (κ3) is 6.22. The van der Waals surface area contributed by atoms with Crippen molar-refractivity contribution < 1.29 is 19.1 Å². The zero-order chi connectivity index (χ0) is 27.3. The fourth-order valence-corrected chi connectivity index (χ4v) is 6.03. The molecule has 0 bridgehead atoms. The van der Waals surface area contributed by atoms with Gasteiger partial charge in [-0.05, 0) is 50.7 Å². The first-order valence-corrected chi connectivity index (χ1v) is 14.1. The summed E-state index contributed by atoms with van der Waals surface area (Å²) >= 11 is 0. The number of rotatable bonds is 10. The molecular weight excluding hydrogens is 484 g/mol. The normalized spacial score (nSPS) is 23.1. The van der Waals surface area contributed by atoms with E-state index in [2.05, 4.69) is 21.1 Å². The summed E-state index contributed by atoms with van der Waals surface area (Å²) < 4.78 is 10.8. The predicted molar refractivity (Wildman–Crippen MR) is 144 cm³/mol. The second-order valence-electron chi connectivity index (χ2n) is 11.3. The van der Waals surface area contributed by atoms with Gasteiger partial charge in [0.2, 0.25) is 11.8 Å². The number of hydrogen-bond donors (Lipinski definition) is 2. The molecule has 1 unspecified atom stereocenters. The van der Waals surface area contributed by atoms with Crippen LogP contribution in [-0.4, -0.2) is 60.7 Å². The highest BCUT2D eigenvalue weighted by Crippen LogP contribution is 2.35. The summed E-state index contributed by atoms with van der Waals surface area (Å²) in [4.78, 5) is 29.4. The molecule has 210 valence electrons. The topological polar surface area (TPSA) is 108 Å². The van der Waals surface area contributed by atoms with Crippen molar-refractivity contribution in [1.29, 1.82) is 0 Å². The fraction of sp³-hybridized carbons (Fsp3) is 0.714.